The molecule has 0 fully saturated rings. The number of ether oxygens (including phenoxy) is 2. The summed E-state index contributed by atoms with van der Waals surface area (Å²) in [4.78, 5) is 35.3. The number of amides is 3. The lowest BCUT2D eigenvalue weighted by atomic mass is 10.2. The molecule has 2 aromatic rings. The Kier molecular flexibility index (Phi) is 8.56. The topological polar surface area (TPSA) is 118 Å². The summed E-state index contributed by atoms with van der Waals surface area (Å²) in [5.41, 5.74) is 4.47. The molecule has 0 aliphatic rings. The second-order valence-corrected chi connectivity index (χ2v) is 6.94. The maximum Gasteiger partial charge on any atom is 0.329 e. The average Bonchev–Trinajstić information content (AvgIpc) is 2.72. The summed E-state index contributed by atoms with van der Waals surface area (Å²) in [6.07, 6.45) is 1.36. The Hall–Kier alpha value is -3.88. The molecule has 3 N–H and O–H groups in total. The van der Waals surface area contributed by atoms with Crippen molar-refractivity contribution in [2.45, 2.75) is 26.8 Å². The fraction of sp³-hybridized carbons (Fsp3) is 0.273. The van der Waals surface area contributed by atoms with Crippen LogP contribution in [0, 0.1) is 6.92 Å². The Morgan fingerprint density at radius 1 is 1.06 bits per heavy atom. The van der Waals surface area contributed by atoms with E-state index in [4.69, 9.17) is 9.47 Å². The van der Waals surface area contributed by atoms with Crippen LogP contribution in [0.3, 0.4) is 0 Å². The maximum absolute atomic E-state index is 12.1. The summed E-state index contributed by atoms with van der Waals surface area (Å²) in [5.74, 6) is -1.18. The van der Waals surface area contributed by atoms with Crippen molar-refractivity contribution in [3.05, 3.63) is 53.6 Å². The van der Waals surface area contributed by atoms with Gasteiger partial charge in [0.25, 0.3) is 5.91 Å². The minimum Gasteiger partial charge on any atom is -0.493 e. The van der Waals surface area contributed by atoms with Crippen molar-refractivity contribution in [2.24, 2.45) is 5.10 Å². The minimum absolute atomic E-state index is 0.155. The van der Waals surface area contributed by atoms with Crippen molar-refractivity contribution in [2.75, 3.05) is 19.0 Å². The molecule has 164 valence electrons. The highest BCUT2D eigenvalue weighted by Gasteiger charge is 2.13. The Bertz CT molecular complexity index is 972. The van der Waals surface area contributed by atoms with Crippen molar-refractivity contribution in [3.63, 3.8) is 0 Å². The number of benzene rings is 2. The predicted molar refractivity (Wildman–Crippen MR) is 117 cm³/mol. The molecule has 3 amide bonds. The lowest BCUT2D eigenvalue weighted by molar-refractivity contribution is -0.139. The molecular formula is C22H26N4O5. The molecule has 31 heavy (non-hydrogen) atoms. The molecule has 0 aliphatic heterocycles. The molecular weight excluding hydrogens is 400 g/mol. The van der Waals surface area contributed by atoms with Gasteiger partial charge in [-0.3, -0.25) is 14.4 Å². The molecule has 0 unspecified atom stereocenters. The van der Waals surface area contributed by atoms with Crippen molar-refractivity contribution >= 4 is 29.6 Å². The first kappa shape index (κ1) is 23.4. The minimum atomic E-state index is -0.864. The van der Waals surface area contributed by atoms with E-state index in [-0.39, 0.29) is 18.6 Å². The zero-order valence-electron chi connectivity index (χ0n) is 17.9. The number of hydrogen-bond acceptors (Lipinski definition) is 6. The van der Waals surface area contributed by atoms with Gasteiger partial charge in [0.15, 0.2) is 18.1 Å². The van der Waals surface area contributed by atoms with Crippen LogP contribution in [0.1, 0.15) is 25.0 Å². The number of methoxy groups -OCH3 is 1. The van der Waals surface area contributed by atoms with Gasteiger partial charge < -0.3 is 20.1 Å². The Morgan fingerprint density at radius 2 is 1.84 bits per heavy atom. The number of anilines is 1. The van der Waals surface area contributed by atoms with Crippen LogP contribution in [0.5, 0.6) is 11.5 Å². The largest absolute Gasteiger partial charge is 0.493 e. The molecule has 0 bridgehead atoms. The monoisotopic (exact) mass is 426 g/mol. The van der Waals surface area contributed by atoms with Crippen LogP contribution in [0.2, 0.25) is 0 Å². The summed E-state index contributed by atoms with van der Waals surface area (Å²) in [6, 6.07) is 12.2. The quantitative estimate of drug-likeness (QED) is 0.339. The number of carbonyl (C=O) groups is 3. The summed E-state index contributed by atoms with van der Waals surface area (Å²) >= 11 is 0. The smallest absolute Gasteiger partial charge is 0.329 e. The molecule has 0 heterocycles. The molecule has 0 saturated carbocycles. The van der Waals surface area contributed by atoms with Crippen molar-refractivity contribution in [1.29, 1.82) is 0 Å². The van der Waals surface area contributed by atoms with E-state index in [1.54, 1.807) is 38.1 Å². The van der Waals surface area contributed by atoms with Crippen molar-refractivity contribution < 1.29 is 23.9 Å². The van der Waals surface area contributed by atoms with E-state index in [1.165, 1.54) is 13.3 Å². The lowest BCUT2D eigenvalue weighted by Gasteiger charge is -2.11. The third-order valence-electron chi connectivity index (χ3n) is 3.85. The predicted octanol–water partition coefficient (Wildman–Crippen LogP) is 2.00. The van der Waals surface area contributed by atoms with Crippen LogP contribution in [0.15, 0.2) is 47.6 Å². The van der Waals surface area contributed by atoms with Gasteiger partial charge in [0.1, 0.15) is 0 Å². The number of hydrogen-bond donors (Lipinski definition) is 3. The second kappa shape index (κ2) is 11.3. The zero-order valence-corrected chi connectivity index (χ0v) is 17.9. The molecule has 0 atom stereocenters. The fourth-order valence-corrected chi connectivity index (χ4v) is 2.49. The average molecular weight is 426 g/mol. The highest BCUT2D eigenvalue weighted by atomic mass is 16.5. The molecule has 0 aliphatic carbocycles. The maximum atomic E-state index is 12.1. The van der Waals surface area contributed by atoms with E-state index in [0.717, 1.165) is 5.56 Å². The number of nitrogens with one attached hydrogen (secondary N) is 3. The molecule has 9 heteroatoms. The van der Waals surface area contributed by atoms with Crippen LogP contribution < -0.4 is 25.5 Å². The van der Waals surface area contributed by atoms with Crippen LogP contribution in [0.4, 0.5) is 5.69 Å². The first-order valence-corrected chi connectivity index (χ1v) is 9.59. The molecule has 0 aromatic heterocycles. The van der Waals surface area contributed by atoms with Gasteiger partial charge in [0.2, 0.25) is 0 Å². The van der Waals surface area contributed by atoms with Crippen molar-refractivity contribution in [3.8, 4) is 11.5 Å². The lowest BCUT2D eigenvalue weighted by Crippen LogP contribution is -2.41. The molecule has 0 saturated heterocycles. The van der Waals surface area contributed by atoms with Crippen LogP contribution >= 0.6 is 0 Å². The first-order chi connectivity index (χ1) is 14.8. The van der Waals surface area contributed by atoms with Gasteiger partial charge in [-0.2, -0.15) is 5.10 Å². The first-order valence-electron chi connectivity index (χ1n) is 9.59. The van der Waals surface area contributed by atoms with Crippen LogP contribution in [0.25, 0.3) is 0 Å². The zero-order chi connectivity index (χ0) is 22.8. The third kappa shape index (κ3) is 7.81. The summed E-state index contributed by atoms with van der Waals surface area (Å²) in [6.45, 7) is 5.24. The molecule has 2 aromatic carbocycles. The summed E-state index contributed by atoms with van der Waals surface area (Å²) in [5, 5.41) is 8.98. The molecule has 0 radical (unpaired) electrons. The van der Waals surface area contributed by atoms with E-state index in [1.807, 2.05) is 25.1 Å². The number of aryl methyl sites for hydroxylation is 1. The van der Waals surface area contributed by atoms with Gasteiger partial charge in [0.05, 0.1) is 13.3 Å². The number of rotatable bonds is 8. The molecule has 0 spiro atoms. The van der Waals surface area contributed by atoms with Gasteiger partial charge >= 0.3 is 11.8 Å². The van der Waals surface area contributed by atoms with Gasteiger partial charge in [0, 0.05) is 11.7 Å². The summed E-state index contributed by atoms with van der Waals surface area (Å²) in [7, 11) is 1.47. The highest BCUT2D eigenvalue weighted by molar-refractivity contribution is 6.35. The standard InChI is InChI=1S/C22H26N4O5/c1-14(2)24-21(28)22(29)26-23-12-16-8-9-18(19(11-16)30-4)31-13-20(27)25-17-7-5-6-15(3)10-17/h5-12,14H,13H2,1-4H3,(H,24,28)(H,25,27)(H,26,29)/b23-12-. The van der Waals surface area contributed by atoms with Crippen LogP contribution in [-0.4, -0.2) is 43.7 Å². The molecule has 9 nitrogen and oxygen atoms in total. The number of nitrogens with zero attached hydrogens (tertiary/aromatic N) is 1. The number of carbonyl (C=O) groups excluding carboxylic acids is 3. The van der Waals surface area contributed by atoms with E-state index in [2.05, 4.69) is 21.2 Å². The Morgan fingerprint density at radius 3 is 2.52 bits per heavy atom. The van der Waals surface area contributed by atoms with Crippen molar-refractivity contribution in [1.82, 2.24) is 10.7 Å². The van der Waals surface area contributed by atoms with Gasteiger partial charge in [-0.05, 0) is 62.2 Å². The van der Waals surface area contributed by atoms with Gasteiger partial charge in [-0.25, -0.2) is 5.43 Å². The second-order valence-electron chi connectivity index (χ2n) is 6.94. The highest BCUT2D eigenvalue weighted by Crippen LogP contribution is 2.27. The van der Waals surface area contributed by atoms with Gasteiger partial charge in [-0.1, -0.05) is 12.1 Å². The number of hydrazone groups is 1. The van der Waals surface area contributed by atoms with E-state index >= 15 is 0 Å². The van der Waals surface area contributed by atoms with E-state index in [0.29, 0.717) is 22.7 Å². The van der Waals surface area contributed by atoms with Crippen LogP contribution in [-0.2, 0) is 14.4 Å². The summed E-state index contributed by atoms with van der Waals surface area (Å²) < 4.78 is 10.8. The fourth-order valence-electron chi connectivity index (χ4n) is 2.49. The Balaban J connectivity index is 1.92. The molecule has 2 rings (SSSR count). The van der Waals surface area contributed by atoms with E-state index in [9.17, 15) is 14.4 Å². The van der Waals surface area contributed by atoms with E-state index < -0.39 is 11.8 Å². The Labute approximate surface area is 180 Å². The van der Waals surface area contributed by atoms with Gasteiger partial charge in [-0.15, -0.1) is 0 Å². The SMILES string of the molecule is COc1cc(/C=N\NC(=O)C(=O)NC(C)C)ccc1OCC(=O)Nc1cccc(C)c1. The normalized spacial score (nSPS) is 10.6. The third-order valence-corrected chi connectivity index (χ3v) is 3.85.